The van der Waals surface area contributed by atoms with Crippen LogP contribution in [0.25, 0.3) is 0 Å². The van der Waals surface area contributed by atoms with Gasteiger partial charge in [0, 0.05) is 32.7 Å². The molecule has 0 N–H and O–H groups in total. The van der Waals surface area contributed by atoms with Crippen molar-refractivity contribution >= 4 is 0 Å². The van der Waals surface area contributed by atoms with Gasteiger partial charge in [-0.05, 0) is 27.2 Å². The van der Waals surface area contributed by atoms with Gasteiger partial charge in [0.2, 0.25) is 0 Å². The summed E-state index contributed by atoms with van der Waals surface area (Å²) in [7, 11) is 0. The lowest BCUT2D eigenvalue weighted by atomic mass is 9.77. The predicted octanol–water partition coefficient (Wildman–Crippen LogP) is 8.01. The van der Waals surface area contributed by atoms with Crippen LogP contribution in [0, 0.1) is 0 Å². The number of ether oxygens (including phenoxy) is 3. The molecule has 14 heteroatoms. The Morgan fingerprint density at radius 1 is 0.457 bits per heavy atom. The lowest BCUT2D eigenvalue weighted by Crippen LogP contribution is -2.81. The van der Waals surface area contributed by atoms with Gasteiger partial charge in [0.25, 0.3) is 0 Å². The van der Waals surface area contributed by atoms with Gasteiger partial charge in [-0.1, -0.05) is 33.1 Å². The SMILES string of the molecule is CCCCCC(F)(F)C(F)(F)C(F)(F)C(F)(C(OCC)(OCC)OCC)C(F)(F)C(F)(F)CCC. The van der Waals surface area contributed by atoms with Crippen molar-refractivity contribution in [3.05, 3.63) is 0 Å². The van der Waals surface area contributed by atoms with Gasteiger partial charge in [0.1, 0.15) is 0 Å². The Hall–Kier alpha value is -0.890. The maximum absolute atomic E-state index is 16.3. The molecule has 0 aliphatic carbocycles. The minimum Gasteiger partial charge on any atom is -0.325 e. The average molecular weight is 542 g/mol. The summed E-state index contributed by atoms with van der Waals surface area (Å²) in [6.07, 6.45) is -5.46. The van der Waals surface area contributed by atoms with Crippen LogP contribution >= 0.6 is 0 Å². The van der Waals surface area contributed by atoms with Gasteiger partial charge in [0.15, 0.2) is 0 Å². The second kappa shape index (κ2) is 12.1. The summed E-state index contributed by atoms with van der Waals surface area (Å²) in [5.41, 5.74) is -6.63. The van der Waals surface area contributed by atoms with E-state index in [-0.39, 0.29) is 12.8 Å². The van der Waals surface area contributed by atoms with Gasteiger partial charge < -0.3 is 14.2 Å². The van der Waals surface area contributed by atoms with E-state index < -0.39 is 86.8 Å². The van der Waals surface area contributed by atoms with Gasteiger partial charge >= 0.3 is 41.3 Å². The van der Waals surface area contributed by atoms with Crippen molar-refractivity contribution in [2.45, 2.75) is 114 Å². The van der Waals surface area contributed by atoms with E-state index in [1.54, 1.807) is 0 Å². The molecular formula is C21H33F11O3. The molecule has 212 valence electrons. The van der Waals surface area contributed by atoms with Gasteiger partial charge in [0.05, 0.1) is 0 Å². The summed E-state index contributed by atoms with van der Waals surface area (Å²) < 4.78 is 178. The molecule has 35 heavy (non-hydrogen) atoms. The third kappa shape index (κ3) is 5.68. The molecule has 3 nitrogen and oxygen atoms in total. The van der Waals surface area contributed by atoms with Crippen molar-refractivity contribution < 1.29 is 62.5 Å². The van der Waals surface area contributed by atoms with Crippen molar-refractivity contribution in [1.29, 1.82) is 0 Å². The van der Waals surface area contributed by atoms with E-state index in [0.29, 0.717) is 0 Å². The monoisotopic (exact) mass is 542 g/mol. The summed E-state index contributed by atoms with van der Waals surface area (Å²) in [4.78, 5) is 0. The van der Waals surface area contributed by atoms with Crippen LogP contribution in [-0.4, -0.2) is 61.1 Å². The van der Waals surface area contributed by atoms with Crippen molar-refractivity contribution in [1.82, 2.24) is 0 Å². The standard InChI is InChI=1S/C21H33F11O3/c1-6-11-12-14-16(24,25)19(29,30)20(31,32)17(26,18(27,28)15(22,23)13-7-2)21(33-8-3,34-9-4)35-10-5/h6-14H2,1-5H3. The van der Waals surface area contributed by atoms with Gasteiger partial charge in [-0.3, -0.25) is 0 Å². The van der Waals surface area contributed by atoms with Gasteiger partial charge in [-0.15, -0.1) is 0 Å². The Bertz CT molecular complexity index is 627. The molecule has 0 saturated heterocycles. The van der Waals surface area contributed by atoms with E-state index in [4.69, 9.17) is 0 Å². The maximum Gasteiger partial charge on any atom is 0.375 e. The second-order valence-electron chi connectivity index (χ2n) is 7.85. The van der Waals surface area contributed by atoms with Crippen molar-refractivity contribution in [2.24, 2.45) is 0 Å². The summed E-state index contributed by atoms with van der Waals surface area (Å²) in [6.45, 7) is 1.87. The molecule has 0 spiro atoms. The zero-order valence-electron chi connectivity index (χ0n) is 20.2. The minimum atomic E-state index is -7.20. The lowest BCUT2D eigenvalue weighted by molar-refractivity contribution is -0.514. The molecule has 0 aliphatic heterocycles. The van der Waals surface area contributed by atoms with E-state index in [1.165, 1.54) is 6.92 Å². The molecular weight excluding hydrogens is 509 g/mol. The highest BCUT2D eigenvalue weighted by Crippen LogP contribution is 2.65. The molecule has 0 aromatic heterocycles. The van der Waals surface area contributed by atoms with Crippen LogP contribution in [0.15, 0.2) is 0 Å². The van der Waals surface area contributed by atoms with Crippen LogP contribution in [-0.2, 0) is 14.2 Å². The fourth-order valence-corrected chi connectivity index (χ4v) is 3.50. The molecule has 0 amide bonds. The van der Waals surface area contributed by atoms with Crippen LogP contribution in [0.3, 0.4) is 0 Å². The molecule has 1 atom stereocenters. The van der Waals surface area contributed by atoms with E-state index >= 15 is 22.0 Å². The number of unbranched alkanes of at least 4 members (excludes halogenated alkanes) is 2. The van der Waals surface area contributed by atoms with Crippen molar-refractivity contribution in [3.8, 4) is 0 Å². The Labute approximate surface area is 197 Å². The first-order chi connectivity index (χ1) is 15.8. The summed E-state index contributed by atoms with van der Waals surface area (Å²) in [5, 5.41) is 0. The average Bonchev–Trinajstić information content (AvgIpc) is 2.72. The van der Waals surface area contributed by atoms with E-state index in [0.717, 1.165) is 27.7 Å². The normalized spacial score (nSPS) is 16.5. The number of hydrogen-bond acceptors (Lipinski definition) is 3. The third-order valence-corrected chi connectivity index (χ3v) is 5.26. The number of alkyl halides is 11. The molecule has 1 unspecified atom stereocenters. The smallest absolute Gasteiger partial charge is 0.325 e. The largest absolute Gasteiger partial charge is 0.375 e. The predicted molar refractivity (Wildman–Crippen MR) is 105 cm³/mol. The Morgan fingerprint density at radius 2 is 0.857 bits per heavy atom. The first kappa shape index (κ1) is 34.1. The van der Waals surface area contributed by atoms with Crippen LogP contribution < -0.4 is 0 Å². The highest BCUT2D eigenvalue weighted by atomic mass is 19.4. The molecule has 0 fully saturated rings. The van der Waals surface area contributed by atoms with Crippen LogP contribution in [0.5, 0.6) is 0 Å². The van der Waals surface area contributed by atoms with Crippen LogP contribution in [0.4, 0.5) is 48.3 Å². The maximum atomic E-state index is 16.3. The Kier molecular flexibility index (Phi) is 11.8. The summed E-state index contributed by atoms with van der Waals surface area (Å²) >= 11 is 0. The quantitative estimate of drug-likeness (QED) is 0.0998. The van der Waals surface area contributed by atoms with Crippen LogP contribution in [0.1, 0.15) is 73.1 Å². The summed E-state index contributed by atoms with van der Waals surface area (Å²) in [5.74, 6) is -37.0. The molecule has 0 aromatic carbocycles. The fraction of sp³-hybridized carbons (Fsp3) is 1.00. The Balaban J connectivity index is 7.49. The molecule has 0 aromatic rings. The third-order valence-electron chi connectivity index (χ3n) is 5.26. The molecule has 0 bridgehead atoms. The first-order valence-electron chi connectivity index (χ1n) is 11.3. The number of halogens is 11. The van der Waals surface area contributed by atoms with E-state index in [1.807, 2.05) is 0 Å². The topological polar surface area (TPSA) is 27.7 Å². The number of hydrogen-bond donors (Lipinski definition) is 0. The molecule has 0 rings (SSSR count). The highest BCUT2D eigenvalue weighted by molar-refractivity contribution is 5.20. The highest BCUT2D eigenvalue weighted by Gasteiger charge is 2.94. The van der Waals surface area contributed by atoms with Crippen molar-refractivity contribution in [3.63, 3.8) is 0 Å². The summed E-state index contributed by atoms with van der Waals surface area (Å²) in [6, 6.07) is 0. The molecule has 0 radical (unpaired) electrons. The van der Waals surface area contributed by atoms with Gasteiger partial charge in [-0.2, -0.15) is 43.9 Å². The Morgan fingerprint density at radius 3 is 1.20 bits per heavy atom. The van der Waals surface area contributed by atoms with Gasteiger partial charge in [-0.25, -0.2) is 4.39 Å². The molecule has 0 heterocycles. The zero-order chi connectivity index (χ0) is 28.0. The molecule has 0 saturated carbocycles. The van der Waals surface area contributed by atoms with Crippen LogP contribution in [0.2, 0.25) is 0 Å². The number of rotatable bonds is 18. The van der Waals surface area contributed by atoms with E-state index in [2.05, 4.69) is 14.2 Å². The van der Waals surface area contributed by atoms with E-state index in [9.17, 15) is 26.3 Å². The first-order valence-corrected chi connectivity index (χ1v) is 11.3. The molecule has 0 aliphatic rings. The zero-order valence-corrected chi connectivity index (χ0v) is 20.2. The lowest BCUT2D eigenvalue weighted by Gasteiger charge is -2.52. The minimum absolute atomic E-state index is 0.135. The second-order valence-corrected chi connectivity index (χ2v) is 7.85. The fourth-order valence-electron chi connectivity index (χ4n) is 3.50. The van der Waals surface area contributed by atoms with Crippen molar-refractivity contribution in [2.75, 3.05) is 19.8 Å².